The Hall–Kier alpha value is -1.31. The molecular formula is C9H17O9P. The van der Waals surface area contributed by atoms with Crippen LogP contribution in [-0.2, 0) is 32.6 Å². The fraction of sp³-hybridized carbons (Fsp3) is 0.778. The van der Waals surface area contributed by atoms with Crippen LogP contribution in [0.3, 0.4) is 0 Å². The molecule has 0 fully saturated rings. The Balaban J connectivity index is 3.77. The third-order valence-electron chi connectivity index (χ3n) is 1.45. The minimum absolute atomic E-state index is 0.145. The van der Waals surface area contributed by atoms with Crippen molar-refractivity contribution in [2.75, 3.05) is 33.5 Å². The van der Waals surface area contributed by atoms with Crippen LogP contribution in [-0.4, -0.2) is 45.8 Å². The van der Waals surface area contributed by atoms with Gasteiger partial charge >= 0.3 is 19.9 Å². The molecule has 0 aliphatic heterocycles. The number of hydrogen-bond donors (Lipinski definition) is 0. The summed E-state index contributed by atoms with van der Waals surface area (Å²) in [5, 5.41) is 0. The third-order valence-corrected chi connectivity index (χ3v) is 2.60. The first-order valence-electron chi connectivity index (χ1n) is 5.37. The summed E-state index contributed by atoms with van der Waals surface area (Å²) in [6, 6.07) is 0. The van der Waals surface area contributed by atoms with Crippen molar-refractivity contribution in [1.82, 2.24) is 0 Å². The zero-order chi connectivity index (χ0) is 14.7. The molecule has 0 spiro atoms. The van der Waals surface area contributed by atoms with Crippen molar-refractivity contribution in [3.8, 4) is 0 Å². The lowest BCUT2D eigenvalue weighted by Crippen LogP contribution is -2.12. The Morgan fingerprint density at radius 3 is 1.53 bits per heavy atom. The summed E-state index contributed by atoms with van der Waals surface area (Å²) in [5.41, 5.74) is 0. The van der Waals surface area contributed by atoms with Gasteiger partial charge < -0.3 is 18.9 Å². The molecule has 0 unspecified atom stereocenters. The summed E-state index contributed by atoms with van der Waals surface area (Å²) < 4.78 is 38.6. The van der Waals surface area contributed by atoms with Gasteiger partial charge in [0.15, 0.2) is 0 Å². The summed E-state index contributed by atoms with van der Waals surface area (Å²) in [5.74, 6) is 0. The number of rotatable bonds is 8. The second-order valence-corrected chi connectivity index (χ2v) is 4.98. The lowest BCUT2D eigenvalue weighted by molar-refractivity contribution is -0.0184. The molecule has 0 atom stereocenters. The quantitative estimate of drug-likeness (QED) is 0.378. The highest BCUT2D eigenvalue weighted by Crippen LogP contribution is 2.43. The Morgan fingerprint density at radius 1 is 0.842 bits per heavy atom. The maximum atomic E-state index is 11.6. The van der Waals surface area contributed by atoms with Gasteiger partial charge in [-0.15, -0.1) is 0 Å². The molecule has 0 saturated heterocycles. The van der Waals surface area contributed by atoms with E-state index >= 15 is 0 Å². The molecule has 0 aliphatic carbocycles. The van der Waals surface area contributed by atoms with Gasteiger partial charge in [-0.05, 0) is 13.8 Å². The molecule has 0 heterocycles. The van der Waals surface area contributed by atoms with E-state index in [1.54, 1.807) is 13.8 Å². The summed E-state index contributed by atoms with van der Waals surface area (Å²) >= 11 is 0. The van der Waals surface area contributed by atoms with Crippen LogP contribution in [0.25, 0.3) is 0 Å². The molecule has 0 aromatic heterocycles. The molecule has 0 saturated carbocycles. The molecule has 0 bridgehead atoms. The maximum Gasteiger partial charge on any atom is 0.510 e. The van der Waals surface area contributed by atoms with E-state index in [-0.39, 0.29) is 13.2 Å². The van der Waals surface area contributed by atoms with Gasteiger partial charge in [-0.3, -0.25) is 13.6 Å². The van der Waals surface area contributed by atoms with Crippen molar-refractivity contribution >= 4 is 19.9 Å². The number of carbonyl (C=O) groups is 2. The Bertz CT molecular complexity index is 302. The second-order valence-electron chi connectivity index (χ2n) is 2.92. The second kappa shape index (κ2) is 9.60. The van der Waals surface area contributed by atoms with Crippen LogP contribution in [0, 0.1) is 0 Å². The molecule has 0 amide bonds. The molecular weight excluding hydrogens is 283 g/mol. The topological polar surface area (TPSA) is 107 Å². The first kappa shape index (κ1) is 17.7. The van der Waals surface area contributed by atoms with Gasteiger partial charge in [0, 0.05) is 6.66 Å². The van der Waals surface area contributed by atoms with Crippen molar-refractivity contribution < 1.29 is 42.1 Å². The summed E-state index contributed by atoms with van der Waals surface area (Å²) in [6.45, 7) is 3.40. The van der Waals surface area contributed by atoms with Crippen LogP contribution < -0.4 is 0 Å². The van der Waals surface area contributed by atoms with Crippen LogP contribution in [0.1, 0.15) is 13.8 Å². The van der Waals surface area contributed by atoms with E-state index in [0.29, 0.717) is 0 Å². The van der Waals surface area contributed by atoms with Crippen molar-refractivity contribution in [2.45, 2.75) is 13.8 Å². The van der Waals surface area contributed by atoms with Crippen molar-refractivity contribution in [3.63, 3.8) is 0 Å². The molecule has 0 aromatic carbocycles. The van der Waals surface area contributed by atoms with Gasteiger partial charge in [0.1, 0.15) is 0 Å². The normalized spacial score (nSPS) is 10.7. The minimum Gasteiger partial charge on any atom is -0.435 e. The fourth-order valence-corrected chi connectivity index (χ4v) is 1.26. The van der Waals surface area contributed by atoms with E-state index in [1.165, 1.54) is 0 Å². The van der Waals surface area contributed by atoms with Crippen LogP contribution >= 0.6 is 7.60 Å². The third kappa shape index (κ3) is 10.3. The van der Waals surface area contributed by atoms with Gasteiger partial charge in [-0.25, -0.2) is 9.59 Å². The Morgan fingerprint density at radius 2 is 1.21 bits per heavy atom. The minimum atomic E-state index is -3.51. The highest BCUT2D eigenvalue weighted by molar-refractivity contribution is 7.52. The molecule has 10 heteroatoms. The molecule has 19 heavy (non-hydrogen) atoms. The molecule has 9 nitrogen and oxygen atoms in total. The monoisotopic (exact) mass is 300 g/mol. The van der Waals surface area contributed by atoms with E-state index in [2.05, 4.69) is 28.0 Å². The maximum absolute atomic E-state index is 11.6. The predicted octanol–water partition coefficient (Wildman–Crippen LogP) is 2.10. The lowest BCUT2D eigenvalue weighted by atomic mass is 10.9. The van der Waals surface area contributed by atoms with Gasteiger partial charge in [0.05, 0.1) is 13.2 Å². The molecule has 112 valence electrons. The largest absolute Gasteiger partial charge is 0.510 e. The van der Waals surface area contributed by atoms with Crippen LogP contribution in [0.5, 0.6) is 0 Å². The van der Waals surface area contributed by atoms with E-state index < -0.39 is 33.5 Å². The lowest BCUT2D eigenvalue weighted by Gasteiger charge is -2.13. The highest BCUT2D eigenvalue weighted by atomic mass is 31.2. The van der Waals surface area contributed by atoms with Gasteiger partial charge in [-0.2, -0.15) is 0 Å². The Labute approximate surface area is 110 Å². The Kier molecular flexibility index (Phi) is 8.94. The van der Waals surface area contributed by atoms with Gasteiger partial charge in [0.2, 0.25) is 13.6 Å². The SMILES string of the molecule is CCOC(=O)OCOP(C)(=O)OCOC(=O)OCC. The highest BCUT2D eigenvalue weighted by Gasteiger charge is 2.19. The van der Waals surface area contributed by atoms with Gasteiger partial charge in [0.25, 0.3) is 0 Å². The van der Waals surface area contributed by atoms with E-state index in [4.69, 9.17) is 0 Å². The van der Waals surface area contributed by atoms with Crippen molar-refractivity contribution in [1.29, 1.82) is 0 Å². The molecule has 0 rings (SSSR count). The summed E-state index contributed by atoms with van der Waals surface area (Å²) in [7, 11) is -3.51. The molecule has 0 aliphatic rings. The molecule has 0 aromatic rings. The van der Waals surface area contributed by atoms with E-state index in [1.807, 2.05) is 0 Å². The molecule has 0 radical (unpaired) electrons. The fourth-order valence-electron chi connectivity index (χ4n) is 0.697. The average molecular weight is 300 g/mol. The average Bonchev–Trinajstić information content (AvgIpc) is 2.29. The van der Waals surface area contributed by atoms with E-state index in [0.717, 1.165) is 6.66 Å². The number of ether oxygens (including phenoxy) is 4. The van der Waals surface area contributed by atoms with Crippen LogP contribution in [0.2, 0.25) is 0 Å². The smallest absolute Gasteiger partial charge is 0.435 e. The standard InChI is InChI=1S/C9H17O9P/c1-4-13-8(10)15-6-17-19(3,12)18-7-16-9(11)14-5-2/h4-7H2,1-3H3. The van der Waals surface area contributed by atoms with Crippen LogP contribution in [0.15, 0.2) is 0 Å². The van der Waals surface area contributed by atoms with E-state index in [9.17, 15) is 14.2 Å². The van der Waals surface area contributed by atoms with Crippen molar-refractivity contribution in [2.24, 2.45) is 0 Å². The first-order valence-corrected chi connectivity index (χ1v) is 7.36. The first-order chi connectivity index (χ1) is 8.91. The summed E-state index contributed by atoms with van der Waals surface area (Å²) in [6.07, 6.45) is -1.91. The predicted molar refractivity (Wildman–Crippen MR) is 61.6 cm³/mol. The zero-order valence-corrected chi connectivity index (χ0v) is 11.8. The number of hydrogen-bond acceptors (Lipinski definition) is 9. The van der Waals surface area contributed by atoms with Crippen molar-refractivity contribution in [3.05, 3.63) is 0 Å². The molecule has 0 N–H and O–H groups in total. The number of carbonyl (C=O) groups excluding carboxylic acids is 2. The van der Waals surface area contributed by atoms with Crippen LogP contribution in [0.4, 0.5) is 9.59 Å². The zero-order valence-electron chi connectivity index (χ0n) is 10.9. The van der Waals surface area contributed by atoms with Gasteiger partial charge in [-0.1, -0.05) is 0 Å². The summed E-state index contributed by atoms with van der Waals surface area (Å²) in [4.78, 5) is 21.5.